The van der Waals surface area contributed by atoms with Gasteiger partial charge >= 0.3 is 0 Å². The van der Waals surface area contributed by atoms with Gasteiger partial charge in [-0.1, -0.05) is 23.4 Å². The molecule has 0 aliphatic carbocycles. The highest BCUT2D eigenvalue weighted by Gasteiger charge is 2.10. The number of rotatable bonds is 2. The van der Waals surface area contributed by atoms with E-state index in [0.717, 1.165) is 17.0 Å². The van der Waals surface area contributed by atoms with Crippen molar-refractivity contribution in [1.29, 1.82) is 0 Å². The van der Waals surface area contributed by atoms with Gasteiger partial charge in [-0.2, -0.15) is 5.10 Å². The highest BCUT2D eigenvalue weighted by molar-refractivity contribution is 6.31. The van der Waals surface area contributed by atoms with Crippen molar-refractivity contribution in [2.24, 2.45) is 0 Å². The molecule has 104 valence electrons. The van der Waals surface area contributed by atoms with Crippen LogP contribution in [0.15, 0.2) is 18.2 Å². The van der Waals surface area contributed by atoms with Crippen LogP contribution in [0.5, 0.6) is 0 Å². The van der Waals surface area contributed by atoms with E-state index in [2.05, 4.69) is 16.9 Å². The fraction of sp³-hybridized carbons (Fsp3) is 0.267. The van der Waals surface area contributed by atoms with E-state index >= 15 is 0 Å². The first-order valence-corrected chi connectivity index (χ1v) is 6.47. The third-order valence-corrected chi connectivity index (χ3v) is 3.44. The molecule has 0 atom stereocenters. The molecular formula is C15H14ClFN2O. The van der Waals surface area contributed by atoms with E-state index in [9.17, 15) is 4.39 Å². The average Bonchev–Trinajstić information content (AvgIpc) is 2.63. The lowest BCUT2D eigenvalue weighted by Gasteiger charge is -2.06. The predicted octanol–water partition coefficient (Wildman–Crippen LogP) is 2.68. The van der Waals surface area contributed by atoms with E-state index in [1.165, 1.54) is 12.1 Å². The molecule has 0 aliphatic heterocycles. The molecule has 20 heavy (non-hydrogen) atoms. The normalized spacial score (nSPS) is 10.2. The lowest BCUT2D eigenvalue weighted by atomic mass is 10.1. The summed E-state index contributed by atoms with van der Waals surface area (Å²) in [5.41, 5.74) is 2.87. The van der Waals surface area contributed by atoms with Crippen LogP contribution >= 0.6 is 11.6 Å². The number of benzene rings is 1. The van der Waals surface area contributed by atoms with Gasteiger partial charge in [0.2, 0.25) is 0 Å². The summed E-state index contributed by atoms with van der Waals surface area (Å²) >= 11 is 6.09. The monoisotopic (exact) mass is 292 g/mol. The van der Waals surface area contributed by atoms with Crippen molar-refractivity contribution in [1.82, 2.24) is 9.78 Å². The van der Waals surface area contributed by atoms with Crippen LogP contribution in [0.1, 0.15) is 22.5 Å². The maximum Gasteiger partial charge on any atom is 0.124 e. The van der Waals surface area contributed by atoms with Crippen LogP contribution in [-0.4, -0.2) is 21.5 Å². The van der Waals surface area contributed by atoms with Crippen molar-refractivity contribution in [2.75, 3.05) is 6.61 Å². The fourth-order valence-electron chi connectivity index (χ4n) is 1.96. The Kier molecular flexibility index (Phi) is 4.43. The maximum atomic E-state index is 13.6. The van der Waals surface area contributed by atoms with Gasteiger partial charge in [0.05, 0.1) is 23.0 Å². The fourth-order valence-corrected chi connectivity index (χ4v) is 2.09. The van der Waals surface area contributed by atoms with Crippen molar-refractivity contribution in [3.05, 3.63) is 51.6 Å². The van der Waals surface area contributed by atoms with Crippen LogP contribution in [0, 0.1) is 31.5 Å². The number of aromatic nitrogens is 2. The Morgan fingerprint density at radius 2 is 2.10 bits per heavy atom. The smallest absolute Gasteiger partial charge is 0.124 e. The van der Waals surface area contributed by atoms with E-state index in [-0.39, 0.29) is 12.4 Å². The second kappa shape index (κ2) is 6.08. The average molecular weight is 293 g/mol. The molecule has 0 aliphatic rings. The summed E-state index contributed by atoms with van der Waals surface area (Å²) in [5, 5.41) is 13.6. The minimum absolute atomic E-state index is 0.251. The van der Waals surface area contributed by atoms with E-state index in [1.54, 1.807) is 10.7 Å². The Hall–Kier alpha value is -1.83. The lowest BCUT2D eigenvalue weighted by molar-refractivity contribution is 0.350. The molecule has 1 N–H and O–H groups in total. The molecule has 2 aromatic rings. The van der Waals surface area contributed by atoms with Crippen molar-refractivity contribution in [3.63, 3.8) is 0 Å². The molecule has 0 fully saturated rings. The topological polar surface area (TPSA) is 38.0 Å². The van der Waals surface area contributed by atoms with Crippen LogP contribution in [0.4, 0.5) is 4.39 Å². The maximum absolute atomic E-state index is 13.6. The number of hydrogen-bond acceptors (Lipinski definition) is 2. The van der Waals surface area contributed by atoms with Gasteiger partial charge in [-0.25, -0.2) is 4.39 Å². The Bertz CT molecular complexity index is 698. The van der Waals surface area contributed by atoms with Gasteiger partial charge in [0, 0.05) is 5.56 Å². The zero-order valence-corrected chi connectivity index (χ0v) is 12.0. The van der Waals surface area contributed by atoms with Gasteiger partial charge in [0.1, 0.15) is 12.4 Å². The van der Waals surface area contributed by atoms with Crippen molar-refractivity contribution in [3.8, 4) is 11.8 Å². The van der Waals surface area contributed by atoms with Gasteiger partial charge in [-0.15, -0.1) is 0 Å². The molecule has 1 heterocycles. The molecule has 1 aromatic heterocycles. The van der Waals surface area contributed by atoms with Crippen molar-refractivity contribution < 1.29 is 9.50 Å². The van der Waals surface area contributed by atoms with Crippen molar-refractivity contribution >= 4 is 11.6 Å². The molecule has 0 bridgehead atoms. The number of hydrogen-bond donors (Lipinski definition) is 1. The van der Waals surface area contributed by atoms with Crippen LogP contribution in [0.2, 0.25) is 5.02 Å². The van der Waals surface area contributed by atoms with Crippen LogP contribution < -0.4 is 0 Å². The predicted molar refractivity (Wildman–Crippen MR) is 76.2 cm³/mol. The summed E-state index contributed by atoms with van der Waals surface area (Å²) < 4.78 is 15.3. The van der Waals surface area contributed by atoms with E-state index < -0.39 is 0 Å². The molecule has 5 heteroatoms. The number of nitrogens with zero attached hydrogens (tertiary/aromatic N) is 2. The molecular weight excluding hydrogens is 279 g/mol. The van der Waals surface area contributed by atoms with Crippen LogP contribution in [-0.2, 0) is 6.54 Å². The summed E-state index contributed by atoms with van der Waals surface area (Å²) in [4.78, 5) is 0. The largest absolute Gasteiger partial charge is 0.384 e. The summed E-state index contributed by atoms with van der Waals surface area (Å²) in [6.45, 7) is 3.87. The number of aryl methyl sites for hydroxylation is 1. The minimum atomic E-state index is -0.364. The molecule has 0 radical (unpaired) electrons. The second-order valence-corrected chi connectivity index (χ2v) is 4.83. The quantitative estimate of drug-likeness (QED) is 0.864. The van der Waals surface area contributed by atoms with Gasteiger partial charge in [-0.05, 0) is 37.6 Å². The summed E-state index contributed by atoms with van der Waals surface area (Å²) in [5.74, 6) is 4.84. The number of halogens is 2. The Morgan fingerprint density at radius 3 is 2.70 bits per heavy atom. The second-order valence-electron chi connectivity index (χ2n) is 4.45. The van der Waals surface area contributed by atoms with Crippen LogP contribution in [0.3, 0.4) is 0 Å². The summed E-state index contributed by atoms with van der Waals surface area (Å²) in [6.07, 6.45) is 0. The molecule has 0 amide bonds. The summed E-state index contributed by atoms with van der Waals surface area (Å²) in [7, 11) is 0. The molecule has 0 unspecified atom stereocenters. The number of aliphatic hydroxyl groups excluding tert-OH is 1. The first-order valence-electron chi connectivity index (χ1n) is 6.10. The van der Waals surface area contributed by atoms with Gasteiger partial charge in [0.15, 0.2) is 0 Å². The standard InChI is InChI=1S/C15H14ClFN2O/c1-10-15(16)11(2)19(18-10)9-13-6-12(4-3-5-20)7-14(17)8-13/h6-8,20H,5,9H2,1-2H3. The van der Waals surface area contributed by atoms with E-state index in [0.29, 0.717) is 17.1 Å². The highest BCUT2D eigenvalue weighted by atomic mass is 35.5. The Morgan fingerprint density at radius 1 is 1.35 bits per heavy atom. The highest BCUT2D eigenvalue weighted by Crippen LogP contribution is 2.20. The van der Waals surface area contributed by atoms with Gasteiger partial charge in [-0.3, -0.25) is 4.68 Å². The zero-order valence-electron chi connectivity index (χ0n) is 11.2. The van der Waals surface area contributed by atoms with Crippen LogP contribution in [0.25, 0.3) is 0 Å². The molecule has 0 saturated heterocycles. The molecule has 1 aromatic carbocycles. The molecule has 0 spiro atoms. The van der Waals surface area contributed by atoms with Gasteiger partial charge in [0.25, 0.3) is 0 Å². The Labute approximate surface area is 122 Å². The van der Waals surface area contributed by atoms with Crippen molar-refractivity contribution in [2.45, 2.75) is 20.4 Å². The zero-order chi connectivity index (χ0) is 14.7. The SMILES string of the molecule is Cc1nn(Cc2cc(F)cc(C#CCO)c2)c(C)c1Cl. The number of aliphatic hydroxyl groups is 1. The molecule has 3 nitrogen and oxygen atoms in total. The van der Waals surface area contributed by atoms with E-state index in [1.807, 2.05) is 13.8 Å². The first-order chi connectivity index (χ1) is 9.51. The van der Waals surface area contributed by atoms with Gasteiger partial charge < -0.3 is 5.11 Å². The third-order valence-electron chi connectivity index (χ3n) is 2.89. The Balaban J connectivity index is 2.33. The third kappa shape index (κ3) is 3.19. The van der Waals surface area contributed by atoms with E-state index in [4.69, 9.17) is 16.7 Å². The lowest BCUT2D eigenvalue weighted by Crippen LogP contribution is -2.04. The first kappa shape index (κ1) is 14.6. The molecule has 2 rings (SSSR count). The minimum Gasteiger partial charge on any atom is -0.384 e. The summed E-state index contributed by atoms with van der Waals surface area (Å²) in [6, 6.07) is 4.55. The molecule has 0 saturated carbocycles.